The van der Waals surface area contributed by atoms with Crippen LogP contribution in [-0.4, -0.2) is 41.9 Å². The van der Waals surface area contributed by atoms with Crippen LogP contribution in [0.4, 0.5) is 4.39 Å². The molecule has 0 aliphatic heterocycles. The molecule has 0 fully saturated rings. The lowest BCUT2D eigenvalue weighted by molar-refractivity contribution is -0.159. The van der Waals surface area contributed by atoms with E-state index < -0.39 is 11.9 Å². The zero-order valence-electron chi connectivity index (χ0n) is 12.1. The number of halogens is 2. The van der Waals surface area contributed by atoms with Crippen molar-refractivity contribution in [2.75, 3.05) is 19.8 Å². The third-order valence-electron chi connectivity index (χ3n) is 2.39. The van der Waals surface area contributed by atoms with Crippen LogP contribution in [0, 0.1) is 5.82 Å². The predicted molar refractivity (Wildman–Crippen MR) is 79.5 cm³/mol. The first-order valence-corrected chi connectivity index (χ1v) is 6.95. The summed E-state index contributed by atoms with van der Waals surface area (Å²) in [5, 5.41) is 18.4. The van der Waals surface area contributed by atoms with E-state index in [9.17, 15) is 4.39 Å². The van der Waals surface area contributed by atoms with Gasteiger partial charge in [-0.2, -0.15) is 0 Å². The first-order chi connectivity index (χ1) is 10.4. The highest BCUT2D eigenvalue weighted by Crippen LogP contribution is 2.18. The van der Waals surface area contributed by atoms with E-state index in [1.165, 1.54) is 6.07 Å². The van der Waals surface area contributed by atoms with E-state index in [-0.39, 0.29) is 5.82 Å². The Labute approximate surface area is 132 Å². The van der Waals surface area contributed by atoms with Crippen LogP contribution in [0.15, 0.2) is 18.2 Å². The highest BCUT2D eigenvalue weighted by Gasteiger charge is 2.05. The largest absolute Gasteiger partial charge is 0.473 e. The van der Waals surface area contributed by atoms with Crippen LogP contribution in [0.1, 0.15) is 18.9 Å². The minimum absolute atomic E-state index is 0.259. The minimum Gasteiger partial charge on any atom is -0.473 e. The molecule has 0 saturated carbocycles. The molecule has 1 rings (SSSR count). The van der Waals surface area contributed by atoms with E-state index in [4.69, 9.17) is 36.1 Å². The van der Waals surface area contributed by atoms with Crippen molar-refractivity contribution in [3.8, 4) is 0 Å². The number of hydrogen-bond donors (Lipinski definition) is 3. The van der Waals surface area contributed by atoms with Crippen molar-refractivity contribution in [3.63, 3.8) is 0 Å². The second kappa shape index (κ2) is 11.9. The number of nitrogens with one attached hydrogen (secondary N) is 1. The van der Waals surface area contributed by atoms with Crippen LogP contribution in [0.3, 0.4) is 0 Å². The Morgan fingerprint density at radius 3 is 2.45 bits per heavy atom. The Kier molecular flexibility index (Phi) is 11.0. The number of carbonyl (C=O) groups is 2. The van der Waals surface area contributed by atoms with Crippen molar-refractivity contribution in [1.29, 1.82) is 0 Å². The van der Waals surface area contributed by atoms with Gasteiger partial charge in [-0.25, -0.2) is 14.0 Å². The number of hydrogen-bond acceptors (Lipinski definition) is 4. The van der Waals surface area contributed by atoms with Crippen LogP contribution in [0.25, 0.3) is 0 Å². The fourth-order valence-corrected chi connectivity index (χ4v) is 1.59. The molecule has 8 heteroatoms. The third kappa shape index (κ3) is 9.28. The van der Waals surface area contributed by atoms with Crippen LogP contribution in [0.5, 0.6) is 0 Å². The number of aliphatic carboxylic acids is 2. The Morgan fingerprint density at radius 2 is 1.95 bits per heavy atom. The van der Waals surface area contributed by atoms with E-state index in [0.29, 0.717) is 17.1 Å². The number of rotatable bonds is 7. The zero-order valence-corrected chi connectivity index (χ0v) is 12.9. The molecule has 0 atom stereocenters. The van der Waals surface area contributed by atoms with Gasteiger partial charge in [-0.15, -0.1) is 0 Å². The van der Waals surface area contributed by atoms with Crippen LogP contribution < -0.4 is 5.32 Å². The fourth-order valence-electron chi connectivity index (χ4n) is 1.36. The number of carboxylic acid groups (broad SMARTS) is 2. The van der Waals surface area contributed by atoms with Gasteiger partial charge in [0.1, 0.15) is 5.82 Å². The standard InChI is InChI=1S/C12H17ClFNO.C2H2O4/c1-2-16-8-4-7-15-9-10-11(13)5-3-6-12(10)14;3-1(4)2(5)6/h3,5-6,15H,2,4,7-9H2,1H3;(H,3,4)(H,5,6). The Hall–Kier alpha value is -1.70. The van der Waals surface area contributed by atoms with Gasteiger partial charge in [-0.05, 0) is 32.0 Å². The van der Waals surface area contributed by atoms with Crippen molar-refractivity contribution in [3.05, 3.63) is 34.6 Å². The molecule has 0 saturated heterocycles. The van der Waals surface area contributed by atoms with Gasteiger partial charge in [0.25, 0.3) is 0 Å². The molecule has 0 heterocycles. The second-order valence-electron chi connectivity index (χ2n) is 4.04. The first kappa shape index (κ1) is 20.3. The molecule has 0 radical (unpaired) electrons. The molecule has 3 N–H and O–H groups in total. The maximum atomic E-state index is 13.3. The number of carboxylic acids is 2. The molecule has 1 aromatic carbocycles. The molecule has 0 bridgehead atoms. The summed E-state index contributed by atoms with van der Waals surface area (Å²) >= 11 is 5.89. The lowest BCUT2D eigenvalue weighted by Crippen LogP contribution is -2.17. The molecule has 22 heavy (non-hydrogen) atoms. The molecule has 0 aromatic heterocycles. The Balaban J connectivity index is 0.000000626. The highest BCUT2D eigenvalue weighted by molar-refractivity contribution is 6.31. The third-order valence-corrected chi connectivity index (χ3v) is 2.75. The van der Waals surface area contributed by atoms with Gasteiger partial charge >= 0.3 is 11.9 Å². The molecular formula is C14H19ClFNO5. The summed E-state index contributed by atoms with van der Waals surface area (Å²) in [6, 6.07) is 4.72. The van der Waals surface area contributed by atoms with Crippen molar-refractivity contribution in [1.82, 2.24) is 5.32 Å². The van der Waals surface area contributed by atoms with Crippen LogP contribution in [-0.2, 0) is 20.9 Å². The lowest BCUT2D eigenvalue weighted by Gasteiger charge is -2.07. The Morgan fingerprint density at radius 1 is 1.32 bits per heavy atom. The first-order valence-electron chi connectivity index (χ1n) is 6.57. The second-order valence-corrected chi connectivity index (χ2v) is 4.44. The maximum Gasteiger partial charge on any atom is 0.414 e. The normalized spacial score (nSPS) is 9.77. The lowest BCUT2D eigenvalue weighted by atomic mass is 10.2. The van der Waals surface area contributed by atoms with Gasteiger partial charge in [0.15, 0.2) is 0 Å². The summed E-state index contributed by atoms with van der Waals surface area (Å²) in [6.45, 7) is 4.68. The summed E-state index contributed by atoms with van der Waals surface area (Å²) in [7, 11) is 0. The summed E-state index contributed by atoms with van der Waals surface area (Å²) in [5.41, 5.74) is 0.528. The van der Waals surface area contributed by atoms with Gasteiger partial charge < -0.3 is 20.3 Å². The van der Waals surface area contributed by atoms with E-state index in [1.807, 2.05) is 6.92 Å². The summed E-state index contributed by atoms with van der Waals surface area (Å²) in [5.74, 6) is -3.91. The zero-order chi connectivity index (χ0) is 17.0. The molecule has 0 unspecified atom stereocenters. The van der Waals surface area contributed by atoms with Crippen molar-refractivity contribution >= 4 is 23.5 Å². The molecule has 0 amide bonds. The van der Waals surface area contributed by atoms with Gasteiger partial charge in [0, 0.05) is 30.3 Å². The smallest absolute Gasteiger partial charge is 0.414 e. The summed E-state index contributed by atoms with van der Waals surface area (Å²) in [4.78, 5) is 18.2. The van der Waals surface area contributed by atoms with Crippen LogP contribution in [0.2, 0.25) is 5.02 Å². The van der Waals surface area contributed by atoms with E-state index in [1.54, 1.807) is 12.1 Å². The molecular weight excluding hydrogens is 317 g/mol. The quantitative estimate of drug-likeness (QED) is 0.522. The summed E-state index contributed by atoms with van der Waals surface area (Å²) < 4.78 is 18.5. The van der Waals surface area contributed by atoms with Crippen molar-refractivity contribution < 1.29 is 28.9 Å². The topological polar surface area (TPSA) is 95.9 Å². The Bertz CT molecular complexity index is 452. The molecule has 0 aliphatic carbocycles. The van der Waals surface area contributed by atoms with Crippen molar-refractivity contribution in [2.24, 2.45) is 0 Å². The van der Waals surface area contributed by atoms with E-state index in [0.717, 1.165) is 26.2 Å². The fraction of sp³-hybridized carbons (Fsp3) is 0.429. The van der Waals surface area contributed by atoms with Crippen LogP contribution >= 0.6 is 11.6 Å². The molecule has 0 spiro atoms. The average Bonchev–Trinajstić information content (AvgIpc) is 2.46. The SMILES string of the molecule is CCOCCCNCc1c(F)cccc1Cl.O=C(O)C(=O)O. The monoisotopic (exact) mass is 335 g/mol. The highest BCUT2D eigenvalue weighted by atomic mass is 35.5. The van der Waals surface area contributed by atoms with Crippen molar-refractivity contribution in [2.45, 2.75) is 19.9 Å². The van der Waals surface area contributed by atoms with Gasteiger partial charge in [-0.1, -0.05) is 17.7 Å². The number of ether oxygens (including phenoxy) is 1. The number of benzene rings is 1. The summed E-state index contributed by atoms with van der Waals surface area (Å²) in [6.07, 6.45) is 0.917. The minimum atomic E-state index is -1.82. The maximum absolute atomic E-state index is 13.3. The molecule has 1 aromatic rings. The molecule has 0 aliphatic rings. The van der Waals surface area contributed by atoms with Gasteiger partial charge in [0.05, 0.1) is 0 Å². The van der Waals surface area contributed by atoms with E-state index >= 15 is 0 Å². The van der Waals surface area contributed by atoms with Gasteiger partial charge in [-0.3, -0.25) is 0 Å². The van der Waals surface area contributed by atoms with E-state index in [2.05, 4.69) is 5.32 Å². The molecule has 6 nitrogen and oxygen atoms in total. The molecule has 124 valence electrons. The predicted octanol–water partition coefficient (Wildman–Crippen LogP) is 2.15. The average molecular weight is 336 g/mol. The van der Waals surface area contributed by atoms with Gasteiger partial charge in [0.2, 0.25) is 0 Å².